The molecule has 1 saturated heterocycles. The highest BCUT2D eigenvalue weighted by molar-refractivity contribution is 5.98. The van der Waals surface area contributed by atoms with Gasteiger partial charge in [-0.1, -0.05) is 24.3 Å². The number of hydrogen-bond donors (Lipinski definition) is 1. The Kier molecular flexibility index (Phi) is 6.35. The van der Waals surface area contributed by atoms with E-state index in [0.717, 1.165) is 45.5 Å². The topological polar surface area (TPSA) is 54.5 Å². The summed E-state index contributed by atoms with van der Waals surface area (Å²) in [5.74, 6) is 0.831. The summed E-state index contributed by atoms with van der Waals surface area (Å²) < 4.78 is 5.44. The van der Waals surface area contributed by atoms with Crippen molar-refractivity contribution >= 4 is 17.1 Å². The van der Waals surface area contributed by atoms with Crippen molar-refractivity contribution in [3.05, 3.63) is 60.3 Å². The lowest BCUT2D eigenvalue weighted by Gasteiger charge is -2.58. The molecule has 5 rings (SSSR count). The maximum Gasteiger partial charge on any atom is 0.169 e. The Morgan fingerprint density at radius 3 is 2.48 bits per heavy atom. The van der Waals surface area contributed by atoms with Crippen LogP contribution >= 0.6 is 0 Å². The van der Waals surface area contributed by atoms with Crippen LogP contribution in [-0.4, -0.2) is 56.0 Å². The molecule has 31 heavy (non-hydrogen) atoms. The lowest BCUT2D eigenvalue weighted by Crippen LogP contribution is -2.64. The molecule has 1 aliphatic carbocycles. The molecule has 2 heterocycles. The Hall–Kier alpha value is -2.76. The van der Waals surface area contributed by atoms with Crippen LogP contribution in [0, 0.1) is 5.41 Å². The fourth-order valence-corrected chi connectivity index (χ4v) is 4.90. The van der Waals surface area contributed by atoms with Crippen LogP contribution < -0.4 is 10.1 Å². The van der Waals surface area contributed by atoms with Crippen LogP contribution in [-0.2, 0) is 0 Å². The van der Waals surface area contributed by atoms with E-state index in [2.05, 4.69) is 29.3 Å². The lowest BCUT2D eigenvalue weighted by molar-refractivity contribution is -0.0631. The molecule has 1 N–H and O–H groups in total. The molecule has 5 heteroatoms. The quantitative estimate of drug-likeness (QED) is 0.623. The highest BCUT2D eigenvalue weighted by atomic mass is 16.5. The molecule has 1 saturated carbocycles. The zero-order valence-corrected chi connectivity index (χ0v) is 18.6. The second-order valence-electron chi connectivity index (χ2n) is 8.76. The maximum absolute atomic E-state index is 11.3. The molecule has 1 aliphatic heterocycles. The van der Waals surface area contributed by atoms with Crippen molar-refractivity contribution in [2.24, 2.45) is 5.41 Å². The fraction of sp³-hybridized carbons (Fsp3) is 0.385. The van der Waals surface area contributed by atoms with Crippen LogP contribution in [0.3, 0.4) is 0 Å². The van der Waals surface area contributed by atoms with E-state index in [4.69, 9.17) is 4.74 Å². The second-order valence-corrected chi connectivity index (χ2v) is 8.76. The van der Waals surface area contributed by atoms with Crippen molar-refractivity contribution in [3.8, 4) is 17.0 Å². The molecule has 0 unspecified atom stereocenters. The van der Waals surface area contributed by atoms with E-state index in [1.807, 2.05) is 61.5 Å². The molecule has 1 spiro atoms. The van der Waals surface area contributed by atoms with E-state index in [9.17, 15) is 4.79 Å². The molecular weight excluding hydrogens is 386 g/mol. The number of aromatic nitrogens is 1. The van der Waals surface area contributed by atoms with Gasteiger partial charge in [-0.3, -0.25) is 4.79 Å². The van der Waals surface area contributed by atoms with Crippen LogP contribution in [0.5, 0.6) is 5.75 Å². The van der Waals surface area contributed by atoms with Crippen molar-refractivity contribution < 1.29 is 9.53 Å². The highest BCUT2D eigenvalue weighted by Crippen LogP contribution is 2.47. The molecule has 162 valence electrons. The highest BCUT2D eigenvalue weighted by Gasteiger charge is 2.50. The van der Waals surface area contributed by atoms with E-state index in [1.165, 1.54) is 25.9 Å². The summed E-state index contributed by atoms with van der Waals surface area (Å²) in [6.07, 6.45) is 3.63. The summed E-state index contributed by atoms with van der Waals surface area (Å²) >= 11 is 0. The minimum Gasteiger partial charge on any atom is -0.494 e. The molecule has 0 amide bonds. The third kappa shape index (κ3) is 4.63. The van der Waals surface area contributed by atoms with Crippen LogP contribution in [0.15, 0.2) is 54.6 Å². The van der Waals surface area contributed by atoms with E-state index < -0.39 is 0 Å². The number of carbonyl (C=O) groups is 1. The summed E-state index contributed by atoms with van der Waals surface area (Å²) in [6.45, 7) is 5.27. The first-order valence-electron chi connectivity index (χ1n) is 11.0. The predicted molar refractivity (Wildman–Crippen MR) is 126 cm³/mol. The Morgan fingerprint density at radius 1 is 1.16 bits per heavy atom. The number of carbonyl (C=O) groups excluding carboxylic acids is 1. The second kappa shape index (κ2) is 9.16. The molecule has 0 radical (unpaired) electrons. The maximum atomic E-state index is 11.3. The molecule has 0 bridgehead atoms. The summed E-state index contributed by atoms with van der Waals surface area (Å²) in [6, 6.07) is 18.3. The van der Waals surface area contributed by atoms with Crippen LogP contribution in [0.4, 0.5) is 0 Å². The smallest absolute Gasteiger partial charge is 0.169 e. The number of fused-ring (bicyclic) bond motifs is 1. The number of hydrogen-bond acceptors (Lipinski definition) is 5. The van der Waals surface area contributed by atoms with Crippen LogP contribution in [0.1, 0.15) is 30.3 Å². The van der Waals surface area contributed by atoms with E-state index in [0.29, 0.717) is 12.3 Å². The van der Waals surface area contributed by atoms with Gasteiger partial charge >= 0.3 is 0 Å². The molecule has 1 aromatic heterocycles. The van der Waals surface area contributed by atoms with Gasteiger partial charge in [0.2, 0.25) is 0 Å². The number of ether oxygens (including phenoxy) is 1. The minimum atomic E-state index is 0.469. The van der Waals surface area contributed by atoms with Gasteiger partial charge in [0.1, 0.15) is 11.4 Å². The third-order valence-corrected chi connectivity index (χ3v) is 6.32. The summed E-state index contributed by atoms with van der Waals surface area (Å²) in [4.78, 5) is 18.1. The van der Waals surface area contributed by atoms with Crippen molar-refractivity contribution in [2.45, 2.75) is 25.8 Å². The monoisotopic (exact) mass is 417 g/mol. The average molecular weight is 418 g/mol. The minimum absolute atomic E-state index is 0.469. The molecule has 5 nitrogen and oxygen atoms in total. The van der Waals surface area contributed by atoms with Gasteiger partial charge in [-0.15, -0.1) is 0 Å². The van der Waals surface area contributed by atoms with Crippen molar-refractivity contribution in [1.29, 1.82) is 0 Å². The molecule has 2 aromatic carbocycles. The first-order valence-corrected chi connectivity index (χ1v) is 11.0. The van der Waals surface area contributed by atoms with Gasteiger partial charge in [-0.2, -0.15) is 0 Å². The van der Waals surface area contributed by atoms with Crippen LogP contribution in [0.2, 0.25) is 0 Å². The molecule has 2 aliphatic rings. The Labute approximate surface area is 184 Å². The number of nitrogens with zero attached hydrogens (tertiary/aromatic N) is 2. The molecule has 2 fully saturated rings. The number of benzene rings is 2. The zero-order chi connectivity index (χ0) is 21.8. The SMILES string of the molecule is CCOc1ccc(-c2cc3ccccc3c(C=O)n2)cc1.CNC1CC2(C1)CN(C)C2. The molecular formula is C26H31N3O2. The molecule has 0 atom stereocenters. The summed E-state index contributed by atoms with van der Waals surface area (Å²) in [5.41, 5.74) is 2.98. The average Bonchev–Trinajstić information content (AvgIpc) is 2.75. The van der Waals surface area contributed by atoms with Gasteiger partial charge in [0, 0.05) is 30.1 Å². The van der Waals surface area contributed by atoms with E-state index >= 15 is 0 Å². The third-order valence-electron chi connectivity index (χ3n) is 6.32. The van der Waals surface area contributed by atoms with Gasteiger partial charge in [-0.25, -0.2) is 4.98 Å². The first kappa shape index (κ1) is 21.5. The normalized spacial score (nSPS) is 17.4. The van der Waals surface area contributed by atoms with Gasteiger partial charge in [0.25, 0.3) is 0 Å². The number of pyridine rings is 1. The predicted octanol–water partition coefficient (Wildman–Crippen LogP) is 4.41. The van der Waals surface area contributed by atoms with E-state index in [1.54, 1.807) is 0 Å². The Bertz CT molecular complexity index is 1030. The number of rotatable bonds is 5. The summed E-state index contributed by atoms with van der Waals surface area (Å²) in [5, 5.41) is 5.21. The standard InChI is InChI=1S/C18H15NO2.C8H16N2/c1-2-21-15-9-7-13(8-10-15)17-11-14-5-3-4-6-16(14)18(12-20)19-17;1-9-7-3-8(4-7)5-10(2)6-8/h3-12H,2H2,1H3;7,9H,3-6H2,1-2H3. The van der Waals surface area contributed by atoms with Crippen LogP contribution in [0.25, 0.3) is 22.0 Å². The fourth-order valence-electron chi connectivity index (χ4n) is 4.90. The number of aldehydes is 1. The van der Waals surface area contributed by atoms with Gasteiger partial charge in [0.15, 0.2) is 6.29 Å². The summed E-state index contributed by atoms with van der Waals surface area (Å²) in [7, 11) is 4.28. The Morgan fingerprint density at radius 2 is 1.87 bits per heavy atom. The van der Waals surface area contributed by atoms with Crippen molar-refractivity contribution in [1.82, 2.24) is 15.2 Å². The first-order chi connectivity index (χ1) is 15.1. The van der Waals surface area contributed by atoms with Gasteiger partial charge in [-0.05, 0) is 75.0 Å². The van der Waals surface area contributed by atoms with Gasteiger partial charge < -0.3 is 15.0 Å². The number of nitrogens with one attached hydrogen (secondary N) is 1. The lowest BCUT2D eigenvalue weighted by atomic mass is 9.61. The van der Waals surface area contributed by atoms with E-state index in [-0.39, 0.29) is 0 Å². The van der Waals surface area contributed by atoms with Crippen molar-refractivity contribution in [2.75, 3.05) is 33.8 Å². The Balaban J connectivity index is 0.000000192. The largest absolute Gasteiger partial charge is 0.494 e. The number of likely N-dealkylation sites (tertiary alicyclic amines) is 1. The zero-order valence-electron chi connectivity index (χ0n) is 18.6. The van der Waals surface area contributed by atoms with Crippen molar-refractivity contribution in [3.63, 3.8) is 0 Å². The molecule has 3 aromatic rings. The van der Waals surface area contributed by atoms with Gasteiger partial charge in [0.05, 0.1) is 12.3 Å².